The number of aromatic nitrogens is 1. The van der Waals surface area contributed by atoms with Crippen LogP contribution in [0.3, 0.4) is 0 Å². The van der Waals surface area contributed by atoms with Crippen molar-refractivity contribution in [2.75, 3.05) is 31.6 Å². The summed E-state index contributed by atoms with van der Waals surface area (Å²) >= 11 is 1.74. The molecule has 1 fully saturated rings. The number of thiazole rings is 1. The minimum Gasteiger partial charge on any atom is -0.369 e. The fourth-order valence-corrected chi connectivity index (χ4v) is 3.28. The second kappa shape index (κ2) is 5.55. The summed E-state index contributed by atoms with van der Waals surface area (Å²) in [6.45, 7) is 9.24. The highest BCUT2D eigenvalue weighted by molar-refractivity contribution is 7.13. The third kappa shape index (κ3) is 3.43. The quantitative estimate of drug-likeness (QED) is 0.906. The summed E-state index contributed by atoms with van der Waals surface area (Å²) in [4.78, 5) is 7.07. The molecule has 1 aliphatic heterocycles. The molecule has 1 atom stereocenters. The summed E-state index contributed by atoms with van der Waals surface area (Å²) in [6.07, 6.45) is 1.26. The number of likely N-dealkylation sites (N-methyl/N-ethyl adjacent to an activating group) is 1. The number of hydrogen-bond donors (Lipinski definition) is 1. The number of hydrogen-bond acceptors (Lipinski definition) is 5. The summed E-state index contributed by atoms with van der Waals surface area (Å²) in [5.41, 5.74) is 1.09. The Labute approximate surface area is 113 Å². The first kappa shape index (κ1) is 13.8. The van der Waals surface area contributed by atoms with E-state index < -0.39 is 0 Å². The Bertz CT molecular complexity index is 391. The van der Waals surface area contributed by atoms with Gasteiger partial charge in [-0.3, -0.25) is 0 Å². The molecule has 1 aliphatic rings. The zero-order valence-corrected chi connectivity index (χ0v) is 12.5. The van der Waals surface area contributed by atoms with E-state index in [1.54, 1.807) is 11.3 Å². The predicted octanol–water partition coefficient (Wildman–Crippen LogP) is 1.91. The van der Waals surface area contributed by atoms with E-state index in [-0.39, 0.29) is 11.7 Å². The van der Waals surface area contributed by atoms with Gasteiger partial charge >= 0.3 is 0 Å². The van der Waals surface area contributed by atoms with E-state index in [0.717, 1.165) is 31.2 Å². The number of ether oxygens (including phenoxy) is 1. The molecule has 0 saturated carbocycles. The van der Waals surface area contributed by atoms with Crippen LogP contribution >= 0.6 is 11.3 Å². The van der Waals surface area contributed by atoms with E-state index in [0.29, 0.717) is 0 Å². The van der Waals surface area contributed by atoms with E-state index >= 15 is 0 Å². The van der Waals surface area contributed by atoms with Gasteiger partial charge in [0.15, 0.2) is 5.13 Å². The van der Waals surface area contributed by atoms with Crippen LogP contribution in [0, 0.1) is 0 Å². The molecule has 18 heavy (non-hydrogen) atoms. The van der Waals surface area contributed by atoms with Gasteiger partial charge in [-0.15, -0.1) is 11.3 Å². The third-order valence-corrected chi connectivity index (χ3v) is 3.96. The molecule has 1 N–H and O–H groups in total. The maximum Gasteiger partial charge on any atom is 0.185 e. The topological polar surface area (TPSA) is 37.4 Å². The largest absolute Gasteiger partial charge is 0.369 e. The molecule has 1 unspecified atom stereocenters. The molecule has 0 bridgehead atoms. The van der Waals surface area contributed by atoms with Crippen LogP contribution in [0.1, 0.15) is 26.5 Å². The zero-order chi connectivity index (χ0) is 13.2. The molecule has 1 aromatic rings. The number of nitrogens with zero attached hydrogens (tertiary/aromatic N) is 2. The van der Waals surface area contributed by atoms with Gasteiger partial charge in [-0.2, -0.15) is 0 Å². The lowest BCUT2D eigenvalue weighted by Gasteiger charge is -2.41. The van der Waals surface area contributed by atoms with Gasteiger partial charge in [0.2, 0.25) is 0 Å². The molecule has 1 aromatic heterocycles. The van der Waals surface area contributed by atoms with Crippen LogP contribution < -0.4 is 10.2 Å². The first-order chi connectivity index (χ1) is 8.50. The van der Waals surface area contributed by atoms with Crippen LogP contribution in [0.5, 0.6) is 0 Å². The molecule has 0 aromatic carbocycles. The zero-order valence-electron chi connectivity index (χ0n) is 11.7. The SMILES string of the molecule is CNCCc1csc(N2CC(C)OC(C)(C)C2)n1. The van der Waals surface area contributed by atoms with Crippen molar-refractivity contribution in [1.29, 1.82) is 0 Å². The summed E-state index contributed by atoms with van der Waals surface area (Å²) < 4.78 is 5.92. The maximum atomic E-state index is 5.92. The van der Waals surface area contributed by atoms with E-state index in [1.807, 2.05) is 7.05 Å². The van der Waals surface area contributed by atoms with Crippen molar-refractivity contribution in [3.05, 3.63) is 11.1 Å². The van der Waals surface area contributed by atoms with Gasteiger partial charge in [0.25, 0.3) is 0 Å². The highest BCUT2D eigenvalue weighted by atomic mass is 32.1. The van der Waals surface area contributed by atoms with Crippen LogP contribution in [0.4, 0.5) is 5.13 Å². The van der Waals surface area contributed by atoms with E-state index in [2.05, 4.69) is 36.4 Å². The first-order valence-electron chi connectivity index (χ1n) is 6.52. The van der Waals surface area contributed by atoms with Gasteiger partial charge in [0.05, 0.1) is 17.4 Å². The Morgan fingerprint density at radius 1 is 1.61 bits per heavy atom. The third-order valence-electron chi connectivity index (χ3n) is 3.01. The van der Waals surface area contributed by atoms with Gasteiger partial charge in [0, 0.05) is 31.4 Å². The fraction of sp³-hybridized carbons (Fsp3) is 0.769. The van der Waals surface area contributed by atoms with Crippen LogP contribution in [0.2, 0.25) is 0 Å². The Balaban J connectivity index is 2.04. The van der Waals surface area contributed by atoms with Crippen molar-refractivity contribution in [3.8, 4) is 0 Å². The fourth-order valence-electron chi connectivity index (χ4n) is 2.41. The number of nitrogens with one attached hydrogen (secondary N) is 1. The number of rotatable bonds is 4. The minimum absolute atomic E-state index is 0.0888. The standard InChI is InChI=1S/C13H23N3OS/c1-10-7-16(9-13(2,3)17-10)12-15-11(8-18-12)5-6-14-4/h8,10,14H,5-7,9H2,1-4H3. The van der Waals surface area contributed by atoms with Crippen LogP contribution in [-0.2, 0) is 11.2 Å². The second-order valence-electron chi connectivity index (χ2n) is 5.54. The molecule has 2 heterocycles. The average molecular weight is 269 g/mol. The number of anilines is 1. The maximum absolute atomic E-state index is 5.92. The van der Waals surface area contributed by atoms with Crippen LogP contribution in [0.15, 0.2) is 5.38 Å². The second-order valence-corrected chi connectivity index (χ2v) is 6.38. The van der Waals surface area contributed by atoms with Gasteiger partial charge in [-0.05, 0) is 27.8 Å². The van der Waals surface area contributed by atoms with Crippen molar-refractivity contribution >= 4 is 16.5 Å². The van der Waals surface area contributed by atoms with Crippen molar-refractivity contribution in [2.24, 2.45) is 0 Å². The summed E-state index contributed by atoms with van der Waals surface area (Å²) in [6, 6.07) is 0. The Morgan fingerprint density at radius 2 is 2.39 bits per heavy atom. The van der Waals surface area contributed by atoms with Gasteiger partial charge in [-0.25, -0.2) is 4.98 Å². The molecular formula is C13H23N3OS. The van der Waals surface area contributed by atoms with E-state index in [4.69, 9.17) is 9.72 Å². The van der Waals surface area contributed by atoms with Gasteiger partial charge in [0.1, 0.15) is 0 Å². The molecule has 0 radical (unpaired) electrons. The Hall–Kier alpha value is -0.650. The molecule has 0 spiro atoms. The summed E-state index contributed by atoms with van der Waals surface area (Å²) in [5, 5.41) is 6.45. The molecule has 0 amide bonds. The number of morpholine rings is 1. The normalized spacial score (nSPS) is 23.3. The minimum atomic E-state index is -0.0888. The van der Waals surface area contributed by atoms with E-state index in [9.17, 15) is 0 Å². The highest BCUT2D eigenvalue weighted by Crippen LogP contribution is 2.28. The summed E-state index contributed by atoms with van der Waals surface area (Å²) in [7, 11) is 1.97. The highest BCUT2D eigenvalue weighted by Gasteiger charge is 2.32. The van der Waals surface area contributed by atoms with Crippen molar-refractivity contribution in [2.45, 2.75) is 38.9 Å². The lowest BCUT2D eigenvalue weighted by molar-refractivity contribution is -0.0749. The summed E-state index contributed by atoms with van der Waals surface area (Å²) in [5.74, 6) is 0. The smallest absolute Gasteiger partial charge is 0.185 e. The first-order valence-corrected chi connectivity index (χ1v) is 7.40. The Morgan fingerprint density at radius 3 is 3.06 bits per heavy atom. The van der Waals surface area contributed by atoms with Gasteiger partial charge < -0.3 is 15.0 Å². The van der Waals surface area contributed by atoms with Crippen molar-refractivity contribution < 1.29 is 4.74 Å². The monoisotopic (exact) mass is 269 g/mol. The molecule has 4 nitrogen and oxygen atoms in total. The van der Waals surface area contributed by atoms with Gasteiger partial charge in [-0.1, -0.05) is 0 Å². The van der Waals surface area contributed by atoms with E-state index in [1.165, 1.54) is 5.69 Å². The average Bonchev–Trinajstić information content (AvgIpc) is 2.72. The molecule has 1 saturated heterocycles. The molecule has 0 aliphatic carbocycles. The van der Waals surface area contributed by atoms with Crippen molar-refractivity contribution in [3.63, 3.8) is 0 Å². The van der Waals surface area contributed by atoms with Crippen LogP contribution in [-0.4, -0.2) is 43.4 Å². The molecule has 5 heteroatoms. The lowest BCUT2D eigenvalue weighted by Crippen LogP contribution is -2.52. The Kier molecular flexibility index (Phi) is 4.25. The lowest BCUT2D eigenvalue weighted by atomic mass is 10.1. The molecular weight excluding hydrogens is 246 g/mol. The van der Waals surface area contributed by atoms with Crippen LogP contribution in [0.25, 0.3) is 0 Å². The predicted molar refractivity (Wildman–Crippen MR) is 76.6 cm³/mol. The van der Waals surface area contributed by atoms with Crippen molar-refractivity contribution in [1.82, 2.24) is 10.3 Å². The molecule has 2 rings (SSSR count). The molecule has 102 valence electrons.